The summed E-state index contributed by atoms with van der Waals surface area (Å²) in [6, 6.07) is 2.88. The first-order valence-corrected chi connectivity index (χ1v) is 10.8. The van der Waals surface area contributed by atoms with Gasteiger partial charge in [0.2, 0.25) is 0 Å². The molecule has 4 aliphatic rings. The van der Waals surface area contributed by atoms with E-state index >= 15 is 0 Å². The Hall–Kier alpha value is -1.36. The summed E-state index contributed by atoms with van der Waals surface area (Å²) in [6.45, 7) is 9.33. The standard InChI is InChI=1S/C24H33NO/c1-5-23-12-11-20-19-10-8-18(26)13-17(19)7-9-21(20)22(23)15(3)16(4)24(23,6-2)14-25/h7,9,13,15-16,19-22H,5-6,8,10-12H2,1-4H3/t15-,16?,19?,20?,21?,22+,23?,24+/m1/s1. The number of allylic oxidation sites excluding steroid dienone is 4. The van der Waals surface area contributed by atoms with E-state index in [1.54, 1.807) is 0 Å². The van der Waals surface area contributed by atoms with Gasteiger partial charge in [-0.15, -0.1) is 0 Å². The van der Waals surface area contributed by atoms with E-state index in [-0.39, 0.29) is 10.8 Å². The predicted molar refractivity (Wildman–Crippen MR) is 104 cm³/mol. The molecular formula is C24H33NO. The smallest absolute Gasteiger partial charge is 0.155 e. The zero-order valence-electron chi connectivity index (χ0n) is 16.8. The molecular weight excluding hydrogens is 318 g/mol. The second kappa shape index (κ2) is 6.08. The Morgan fingerprint density at radius 3 is 2.65 bits per heavy atom. The fraction of sp³-hybridized carbons (Fsp3) is 0.750. The minimum Gasteiger partial charge on any atom is -0.295 e. The van der Waals surface area contributed by atoms with Gasteiger partial charge in [-0.05, 0) is 84.7 Å². The Kier molecular flexibility index (Phi) is 4.22. The van der Waals surface area contributed by atoms with Crippen LogP contribution in [0.5, 0.6) is 0 Å². The van der Waals surface area contributed by atoms with Gasteiger partial charge in [0.15, 0.2) is 5.78 Å². The van der Waals surface area contributed by atoms with Crippen molar-refractivity contribution >= 4 is 5.78 Å². The molecule has 0 spiro atoms. The lowest BCUT2D eigenvalue weighted by molar-refractivity contribution is -0.115. The molecule has 0 saturated heterocycles. The van der Waals surface area contributed by atoms with Crippen molar-refractivity contribution in [3.05, 3.63) is 23.8 Å². The molecule has 5 unspecified atom stereocenters. The molecule has 0 aromatic rings. The monoisotopic (exact) mass is 351 g/mol. The summed E-state index contributed by atoms with van der Waals surface area (Å²) in [4.78, 5) is 11.9. The Balaban J connectivity index is 1.81. The van der Waals surface area contributed by atoms with E-state index in [1.807, 2.05) is 6.08 Å². The number of ketones is 1. The number of carbonyl (C=O) groups excluding carboxylic acids is 1. The van der Waals surface area contributed by atoms with Crippen LogP contribution in [0.15, 0.2) is 23.8 Å². The predicted octanol–water partition coefficient (Wildman–Crippen LogP) is 5.71. The molecule has 0 radical (unpaired) electrons. The molecule has 0 aliphatic heterocycles. The molecule has 2 nitrogen and oxygen atoms in total. The third-order valence-electron chi connectivity index (χ3n) is 9.37. The normalized spacial score (nSPS) is 49.7. The fourth-order valence-corrected chi connectivity index (χ4v) is 8.12. The van der Waals surface area contributed by atoms with E-state index in [2.05, 4.69) is 45.9 Å². The van der Waals surface area contributed by atoms with Gasteiger partial charge in [0, 0.05) is 6.42 Å². The van der Waals surface area contributed by atoms with E-state index in [9.17, 15) is 10.1 Å². The maximum Gasteiger partial charge on any atom is 0.155 e. The summed E-state index contributed by atoms with van der Waals surface area (Å²) < 4.78 is 0. The summed E-state index contributed by atoms with van der Waals surface area (Å²) in [5.74, 6) is 3.77. The number of carbonyl (C=O) groups is 1. The minimum atomic E-state index is -0.177. The Bertz CT molecular complexity index is 712. The van der Waals surface area contributed by atoms with Gasteiger partial charge in [0.25, 0.3) is 0 Å². The number of nitriles is 1. The van der Waals surface area contributed by atoms with E-state index < -0.39 is 0 Å². The quantitative estimate of drug-likeness (QED) is 0.639. The molecule has 0 aromatic carbocycles. The Morgan fingerprint density at radius 1 is 1.23 bits per heavy atom. The van der Waals surface area contributed by atoms with Crippen molar-refractivity contribution in [3.63, 3.8) is 0 Å². The third kappa shape index (κ3) is 2.01. The van der Waals surface area contributed by atoms with Gasteiger partial charge >= 0.3 is 0 Å². The van der Waals surface area contributed by atoms with Crippen molar-refractivity contribution in [3.8, 4) is 6.07 Å². The molecule has 26 heavy (non-hydrogen) atoms. The average Bonchev–Trinajstić information content (AvgIpc) is 2.86. The SMILES string of the molecule is CCC12CCC3C4CCC(=O)C=C4C=CC3[C@@H]1[C@H](C)C(C)[C@@]2(C#N)CC. The molecule has 4 rings (SSSR count). The van der Waals surface area contributed by atoms with Gasteiger partial charge in [-0.2, -0.15) is 5.26 Å². The van der Waals surface area contributed by atoms with Crippen LogP contribution < -0.4 is 0 Å². The maximum absolute atomic E-state index is 11.9. The molecule has 140 valence electrons. The third-order valence-corrected chi connectivity index (χ3v) is 9.37. The van der Waals surface area contributed by atoms with Gasteiger partial charge in [0.1, 0.15) is 0 Å². The first-order valence-electron chi connectivity index (χ1n) is 10.8. The van der Waals surface area contributed by atoms with Gasteiger partial charge in [-0.25, -0.2) is 0 Å². The van der Waals surface area contributed by atoms with Crippen molar-refractivity contribution in [2.75, 3.05) is 0 Å². The van der Waals surface area contributed by atoms with Crippen LogP contribution in [0.3, 0.4) is 0 Å². The minimum absolute atomic E-state index is 0.159. The first kappa shape index (κ1) is 18.0. The van der Waals surface area contributed by atoms with E-state index in [0.717, 1.165) is 25.7 Å². The van der Waals surface area contributed by atoms with Crippen molar-refractivity contribution < 1.29 is 4.79 Å². The number of hydrogen-bond acceptors (Lipinski definition) is 2. The highest BCUT2D eigenvalue weighted by atomic mass is 16.1. The molecule has 8 atom stereocenters. The summed E-state index contributed by atoms with van der Waals surface area (Å²) in [7, 11) is 0. The van der Waals surface area contributed by atoms with Gasteiger partial charge in [-0.1, -0.05) is 39.8 Å². The lowest BCUT2D eigenvalue weighted by Crippen LogP contribution is -2.50. The van der Waals surface area contributed by atoms with Crippen molar-refractivity contribution in [2.24, 2.45) is 46.3 Å². The lowest BCUT2D eigenvalue weighted by atomic mass is 9.47. The second-order valence-corrected chi connectivity index (χ2v) is 9.51. The van der Waals surface area contributed by atoms with Crippen LogP contribution in [0.2, 0.25) is 0 Å². The molecule has 2 saturated carbocycles. The largest absolute Gasteiger partial charge is 0.295 e. The van der Waals surface area contributed by atoms with E-state index in [1.165, 1.54) is 18.4 Å². The van der Waals surface area contributed by atoms with Crippen LogP contribution >= 0.6 is 0 Å². The molecule has 0 amide bonds. The van der Waals surface area contributed by atoms with Crippen molar-refractivity contribution in [1.29, 1.82) is 5.26 Å². The molecule has 0 aromatic heterocycles. The summed E-state index contributed by atoms with van der Waals surface area (Å²) >= 11 is 0. The molecule has 0 bridgehead atoms. The van der Waals surface area contributed by atoms with Crippen LogP contribution in [0.4, 0.5) is 0 Å². The molecule has 0 heterocycles. The molecule has 0 N–H and O–H groups in total. The van der Waals surface area contributed by atoms with E-state index in [4.69, 9.17) is 0 Å². The van der Waals surface area contributed by atoms with Crippen LogP contribution in [0.25, 0.3) is 0 Å². The first-order chi connectivity index (χ1) is 12.5. The van der Waals surface area contributed by atoms with Gasteiger partial charge in [-0.3, -0.25) is 4.79 Å². The van der Waals surface area contributed by atoms with Crippen LogP contribution in [0.1, 0.15) is 66.2 Å². The highest BCUT2D eigenvalue weighted by Crippen LogP contribution is 2.72. The zero-order valence-corrected chi connectivity index (χ0v) is 16.8. The maximum atomic E-state index is 11.9. The number of fused-ring (bicyclic) bond motifs is 5. The van der Waals surface area contributed by atoms with Crippen molar-refractivity contribution in [1.82, 2.24) is 0 Å². The molecule has 4 aliphatic carbocycles. The lowest BCUT2D eigenvalue weighted by Gasteiger charge is -2.56. The highest BCUT2D eigenvalue weighted by Gasteiger charge is 2.68. The number of rotatable bonds is 2. The highest BCUT2D eigenvalue weighted by molar-refractivity contribution is 5.91. The molecule has 2 fully saturated rings. The zero-order chi connectivity index (χ0) is 18.7. The van der Waals surface area contributed by atoms with Gasteiger partial charge in [0.05, 0.1) is 11.5 Å². The second-order valence-electron chi connectivity index (χ2n) is 9.51. The van der Waals surface area contributed by atoms with E-state index in [0.29, 0.717) is 41.3 Å². The van der Waals surface area contributed by atoms with Crippen LogP contribution in [-0.2, 0) is 4.79 Å². The summed E-state index contributed by atoms with van der Waals surface area (Å²) in [5.41, 5.74) is 1.27. The summed E-state index contributed by atoms with van der Waals surface area (Å²) in [6.07, 6.45) is 12.9. The van der Waals surface area contributed by atoms with Gasteiger partial charge < -0.3 is 0 Å². The van der Waals surface area contributed by atoms with Crippen LogP contribution in [0, 0.1) is 57.7 Å². The Labute approximate surface area is 158 Å². The van der Waals surface area contributed by atoms with Crippen LogP contribution in [-0.4, -0.2) is 5.78 Å². The number of hydrogen-bond donors (Lipinski definition) is 0. The fourth-order valence-electron chi connectivity index (χ4n) is 8.12. The average molecular weight is 352 g/mol. The Morgan fingerprint density at radius 2 is 2.00 bits per heavy atom. The summed E-state index contributed by atoms with van der Waals surface area (Å²) in [5, 5.41) is 10.3. The topological polar surface area (TPSA) is 40.9 Å². The number of nitrogens with zero attached hydrogens (tertiary/aromatic N) is 1. The van der Waals surface area contributed by atoms with Crippen molar-refractivity contribution in [2.45, 2.75) is 66.2 Å². The molecule has 2 heteroatoms.